The number of hydrogen-bond acceptors (Lipinski definition) is 4. The molecule has 0 bridgehead atoms. The number of nitrogens with zero attached hydrogens (tertiary/aromatic N) is 2. The van der Waals surface area contributed by atoms with Crippen molar-refractivity contribution in [3.63, 3.8) is 0 Å². The molecule has 0 saturated heterocycles. The van der Waals surface area contributed by atoms with Crippen molar-refractivity contribution in [3.8, 4) is 5.75 Å². The van der Waals surface area contributed by atoms with E-state index in [-0.39, 0.29) is 11.9 Å². The summed E-state index contributed by atoms with van der Waals surface area (Å²) in [5.41, 5.74) is 2.38. The number of fused-ring (bicyclic) bond motifs is 1. The molecule has 3 rings (SSSR count). The van der Waals surface area contributed by atoms with Gasteiger partial charge < -0.3 is 9.64 Å². The second kappa shape index (κ2) is 7.23. The van der Waals surface area contributed by atoms with Gasteiger partial charge in [-0.15, -0.1) is 0 Å². The molecule has 0 unspecified atom stereocenters. The number of para-hydroxylation sites is 1. The summed E-state index contributed by atoms with van der Waals surface area (Å²) in [5.74, 6) is 0.377. The van der Waals surface area contributed by atoms with E-state index >= 15 is 0 Å². The van der Waals surface area contributed by atoms with Gasteiger partial charge in [-0.25, -0.2) is 8.42 Å². The largest absolute Gasteiger partial charge is 0.497 e. The van der Waals surface area contributed by atoms with E-state index in [0.29, 0.717) is 11.4 Å². The molecule has 0 saturated carbocycles. The highest BCUT2D eigenvalue weighted by molar-refractivity contribution is 7.92. The van der Waals surface area contributed by atoms with Gasteiger partial charge in [-0.2, -0.15) is 0 Å². The monoisotopic (exact) mass is 388 g/mol. The number of rotatable bonds is 5. The highest BCUT2D eigenvalue weighted by atomic mass is 32.2. The Morgan fingerprint density at radius 1 is 1.19 bits per heavy atom. The second-order valence-electron chi connectivity index (χ2n) is 6.82. The van der Waals surface area contributed by atoms with E-state index in [2.05, 4.69) is 0 Å². The minimum absolute atomic E-state index is 0.0189. The smallest absolute Gasteiger partial charge is 0.250 e. The molecule has 2 aromatic carbocycles. The molecule has 1 aliphatic rings. The van der Waals surface area contributed by atoms with E-state index in [4.69, 9.17) is 4.74 Å². The van der Waals surface area contributed by atoms with Gasteiger partial charge in [0.15, 0.2) is 0 Å². The van der Waals surface area contributed by atoms with E-state index in [1.54, 1.807) is 43.2 Å². The quantitative estimate of drug-likeness (QED) is 0.790. The number of ether oxygens (including phenoxy) is 1. The SMILES string of the molecule is COc1ccc(N([C@@H](C)C(=O)N2c3ccccc3C[C@H]2C)S(C)(=O)=O)cc1. The third kappa shape index (κ3) is 3.64. The Balaban J connectivity index is 1.97. The molecule has 2 atom stereocenters. The molecule has 1 heterocycles. The molecule has 1 aliphatic heterocycles. The van der Waals surface area contributed by atoms with Crippen molar-refractivity contribution in [1.29, 1.82) is 0 Å². The molecule has 0 aliphatic carbocycles. The van der Waals surface area contributed by atoms with Crippen LogP contribution >= 0.6 is 0 Å². The number of sulfonamides is 1. The maximum atomic E-state index is 13.3. The van der Waals surface area contributed by atoms with Crippen molar-refractivity contribution in [3.05, 3.63) is 54.1 Å². The van der Waals surface area contributed by atoms with Crippen molar-refractivity contribution in [1.82, 2.24) is 0 Å². The molecule has 0 N–H and O–H groups in total. The zero-order chi connectivity index (χ0) is 19.8. The maximum Gasteiger partial charge on any atom is 0.250 e. The Bertz CT molecular complexity index is 941. The van der Waals surface area contributed by atoms with Crippen molar-refractivity contribution in [2.24, 2.45) is 0 Å². The Kier molecular flexibility index (Phi) is 5.15. The maximum absolute atomic E-state index is 13.3. The highest BCUT2D eigenvalue weighted by Gasteiger charge is 2.37. The first-order chi connectivity index (χ1) is 12.7. The number of amides is 1. The van der Waals surface area contributed by atoms with Gasteiger partial charge in [0, 0.05) is 11.7 Å². The summed E-state index contributed by atoms with van der Waals surface area (Å²) in [4.78, 5) is 15.0. The average molecular weight is 388 g/mol. The molecule has 6 nitrogen and oxygen atoms in total. The van der Waals surface area contributed by atoms with Crippen molar-refractivity contribution in [2.45, 2.75) is 32.4 Å². The molecular weight excluding hydrogens is 364 g/mol. The Morgan fingerprint density at radius 2 is 1.81 bits per heavy atom. The molecule has 0 spiro atoms. The van der Waals surface area contributed by atoms with Gasteiger partial charge in [0.25, 0.3) is 5.91 Å². The first-order valence-corrected chi connectivity index (χ1v) is 10.6. The van der Waals surface area contributed by atoms with Crippen LogP contribution in [0.3, 0.4) is 0 Å². The number of carbonyl (C=O) groups is 1. The van der Waals surface area contributed by atoms with E-state index in [1.165, 1.54) is 4.31 Å². The van der Waals surface area contributed by atoms with Crippen molar-refractivity contribution >= 4 is 27.3 Å². The number of methoxy groups -OCH3 is 1. The number of anilines is 2. The molecule has 27 heavy (non-hydrogen) atoms. The third-order valence-electron chi connectivity index (χ3n) is 4.84. The minimum atomic E-state index is -3.66. The molecule has 0 radical (unpaired) electrons. The predicted molar refractivity (Wildman–Crippen MR) is 107 cm³/mol. The standard InChI is InChI=1S/C20H24N2O4S/c1-14-13-16-7-5-6-8-19(16)21(14)20(23)15(2)22(27(4,24)25)17-9-11-18(26-3)12-10-17/h5-12,14-15H,13H2,1-4H3/t14-,15+/m1/s1. The fourth-order valence-electron chi connectivity index (χ4n) is 3.63. The number of hydrogen-bond donors (Lipinski definition) is 0. The van der Waals surface area contributed by atoms with Gasteiger partial charge in [0.1, 0.15) is 11.8 Å². The third-order valence-corrected chi connectivity index (χ3v) is 6.08. The van der Waals surface area contributed by atoms with Gasteiger partial charge in [-0.3, -0.25) is 9.10 Å². The summed E-state index contributed by atoms with van der Waals surface area (Å²) >= 11 is 0. The summed E-state index contributed by atoms with van der Waals surface area (Å²) in [5, 5.41) is 0. The number of carbonyl (C=O) groups excluding carboxylic acids is 1. The Labute approximate surface area is 160 Å². The summed E-state index contributed by atoms with van der Waals surface area (Å²) < 4.78 is 31.3. The topological polar surface area (TPSA) is 66.9 Å². The molecule has 0 fully saturated rings. The van der Waals surface area contributed by atoms with Gasteiger partial charge in [0.05, 0.1) is 19.1 Å². The van der Waals surface area contributed by atoms with E-state index in [9.17, 15) is 13.2 Å². The lowest BCUT2D eigenvalue weighted by atomic mass is 10.1. The summed E-state index contributed by atoms with van der Waals surface area (Å²) in [6.45, 7) is 3.60. The van der Waals surface area contributed by atoms with Gasteiger partial charge in [-0.05, 0) is 56.2 Å². The summed E-state index contributed by atoms with van der Waals surface area (Å²) in [7, 11) is -2.12. The van der Waals surface area contributed by atoms with E-state index in [1.807, 2.05) is 31.2 Å². The van der Waals surface area contributed by atoms with Crippen LogP contribution in [0.2, 0.25) is 0 Å². The van der Waals surface area contributed by atoms with Gasteiger partial charge in [0.2, 0.25) is 10.0 Å². The number of benzene rings is 2. The minimum Gasteiger partial charge on any atom is -0.497 e. The summed E-state index contributed by atoms with van der Waals surface area (Å²) in [6, 6.07) is 13.5. The first-order valence-electron chi connectivity index (χ1n) is 8.78. The first kappa shape index (κ1) is 19.2. The molecule has 1 amide bonds. The van der Waals surface area contributed by atoms with Crippen LogP contribution in [0.15, 0.2) is 48.5 Å². The zero-order valence-electron chi connectivity index (χ0n) is 15.9. The lowest BCUT2D eigenvalue weighted by Gasteiger charge is -2.33. The fourth-order valence-corrected chi connectivity index (χ4v) is 4.80. The van der Waals surface area contributed by atoms with Crippen LogP contribution in [0, 0.1) is 0 Å². The van der Waals surface area contributed by atoms with Crippen LogP contribution in [0.1, 0.15) is 19.4 Å². The van der Waals surface area contributed by atoms with Crippen LogP contribution in [0.25, 0.3) is 0 Å². The van der Waals surface area contributed by atoms with Crippen LogP contribution in [-0.2, 0) is 21.2 Å². The highest BCUT2D eigenvalue weighted by Crippen LogP contribution is 2.34. The van der Waals surface area contributed by atoms with Crippen LogP contribution in [-0.4, -0.2) is 39.8 Å². The van der Waals surface area contributed by atoms with E-state index in [0.717, 1.165) is 23.9 Å². The molecule has 144 valence electrons. The zero-order valence-corrected chi connectivity index (χ0v) is 16.7. The average Bonchev–Trinajstić information content (AvgIpc) is 2.96. The Hall–Kier alpha value is -2.54. The molecular formula is C20H24N2O4S. The van der Waals surface area contributed by atoms with Gasteiger partial charge in [-0.1, -0.05) is 18.2 Å². The lowest BCUT2D eigenvalue weighted by molar-refractivity contribution is -0.119. The van der Waals surface area contributed by atoms with Gasteiger partial charge >= 0.3 is 0 Å². The lowest BCUT2D eigenvalue weighted by Crippen LogP contribution is -2.51. The predicted octanol–water partition coefficient (Wildman–Crippen LogP) is 2.83. The van der Waals surface area contributed by atoms with Crippen LogP contribution in [0.4, 0.5) is 11.4 Å². The van der Waals surface area contributed by atoms with Crippen molar-refractivity contribution in [2.75, 3.05) is 22.6 Å². The second-order valence-corrected chi connectivity index (χ2v) is 8.68. The summed E-state index contributed by atoms with van der Waals surface area (Å²) in [6.07, 6.45) is 1.87. The van der Waals surface area contributed by atoms with Crippen LogP contribution in [0.5, 0.6) is 5.75 Å². The van der Waals surface area contributed by atoms with E-state index < -0.39 is 16.1 Å². The van der Waals surface area contributed by atoms with Crippen molar-refractivity contribution < 1.29 is 17.9 Å². The molecule has 7 heteroatoms. The fraction of sp³-hybridized carbons (Fsp3) is 0.350. The Morgan fingerprint density at radius 3 is 2.41 bits per heavy atom. The molecule has 0 aromatic heterocycles. The molecule has 2 aromatic rings. The normalized spacial score (nSPS) is 17.3. The van der Waals surface area contributed by atoms with Crippen LogP contribution < -0.4 is 13.9 Å².